The summed E-state index contributed by atoms with van der Waals surface area (Å²) in [6, 6.07) is 15.8. The highest BCUT2D eigenvalue weighted by atomic mass is 35.5. The highest BCUT2D eigenvalue weighted by Gasteiger charge is 2.06. The quantitative estimate of drug-likeness (QED) is 0.546. The summed E-state index contributed by atoms with van der Waals surface area (Å²) in [5, 5.41) is 10.0. The van der Waals surface area contributed by atoms with E-state index in [1.54, 1.807) is 11.8 Å². The summed E-state index contributed by atoms with van der Waals surface area (Å²) >= 11 is 7.52. The van der Waals surface area contributed by atoms with E-state index in [1.807, 2.05) is 59.4 Å². The lowest BCUT2D eigenvalue weighted by Gasteiger charge is -2.00. The van der Waals surface area contributed by atoms with Gasteiger partial charge in [0.15, 0.2) is 5.16 Å². The van der Waals surface area contributed by atoms with Crippen molar-refractivity contribution in [3.05, 3.63) is 71.0 Å². The van der Waals surface area contributed by atoms with Gasteiger partial charge in [-0.25, -0.2) is 9.67 Å². The van der Waals surface area contributed by atoms with Crippen LogP contribution in [0.3, 0.4) is 0 Å². The Balaban J connectivity index is 1.40. The summed E-state index contributed by atoms with van der Waals surface area (Å²) in [6.07, 6.45) is 1.96. The van der Waals surface area contributed by atoms with Gasteiger partial charge in [-0.3, -0.25) is 0 Å². The van der Waals surface area contributed by atoms with Crippen LogP contribution in [0.25, 0.3) is 11.0 Å². The van der Waals surface area contributed by atoms with Gasteiger partial charge in [0, 0.05) is 17.0 Å². The number of aromatic nitrogens is 5. The van der Waals surface area contributed by atoms with Gasteiger partial charge >= 0.3 is 0 Å². The molecule has 2 aromatic heterocycles. The summed E-state index contributed by atoms with van der Waals surface area (Å²) in [7, 11) is 0. The minimum absolute atomic E-state index is 0.680. The molecule has 0 aliphatic heterocycles. The molecule has 4 rings (SSSR count). The molecule has 0 unspecified atom stereocenters. The van der Waals surface area contributed by atoms with Crippen LogP contribution in [-0.2, 0) is 12.3 Å². The van der Waals surface area contributed by atoms with Crippen LogP contribution in [0, 0.1) is 0 Å². The molecule has 0 atom stereocenters. The fourth-order valence-electron chi connectivity index (χ4n) is 2.40. The zero-order valence-electron chi connectivity index (χ0n) is 12.7. The number of thioether (sulfide) groups is 1. The Morgan fingerprint density at radius 3 is 2.75 bits per heavy atom. The lowest BCUT2D eigenvalue weighted by molar-refractivity contribution is 0.649. The number of benzene rings is 2. The van der Waals surface area contributed by atoms with Crippen LogP contribution in [0.5, 0.6) is 0 Å². The van der Waals surface area contributed by atoms with Gasteiger partial charge in [-0.15, -0.1) is 5.10 Å². The van der Waals surface area contributed by atoms with Crippen molar-refractivity contribution in [2.75, 3.05) is 0 Å². The third-order valence-electron chi connectivity index (χ3n) is 3.57. The van der Waals surface area contributed by atoms with Crippen LogP contribution in [-0.4, -0.2) is 25.0 Å². The van der Waals surface area contributed by atoms with Crippen molar-refractivity contribution >= 4 is 34.4 Å². The van der Waals surface area contributed by atoms with Gasteiger partial charge in [-0.05, 0) is 29.8 Å². The number of aromatic amines is 1. The van der Waals surface area contributed by atoms with E-state index in [-0.39, 0.29) is 0 Å². The maximum Gasteiger partial charge on any atom is 0.166 e. The minimum Gasteiger partial charge on any atom is -0.333 e. The van der Waals surface area contributed by atoms with Crippen molar-refractivity contribution in [2.45, 2.75) is 17.5 Å². The number of nitrogens with one attached hydrogen (secondary N) is 1. The number of para-hydroxylation sites is 2. The molecule has 0 radical (unpaired) electrons. The maximum absolute atomic E-state index is 5.90. The summed E-state index contributed by atoms with van der Waals surface area (Å²) < 4.78 is 1.83. The molecule has 5 nitrogen and oxygen atoms in total. The Morgan fingerprint density at radius 2 is 1.92 bits per heavy atom. The SMILES string of the molecule is Clc1ccc(Cn2cc(CSc3nc4ccccc4[nH]3)nn2)cc1. The topological polar surface area (TPSA) is 59.4 Å². The van der Waals surface area contributed by atoms with Crippen LogP contribution in [0.1, 0.15) is 11.3 Å². The van der Waals surface area contributed by atoms with Crippen molar-refractivity contribution in [1.82, 2.24) is 25.0 Å². The first-order valence-electron chi connectivity index (χ1n) is 7.47. The predicted molar refractivity (Wildman–Crippen MR) is 96.2 cm³/mol. The molecule has 1 N–H and O–H groups in total. The lowest BCUT2D eigenvalue weighted by atomic mass is 10.2. The second-order valence-electron chi connectivity index (χ2n) is 5.38. The van der Waals surface area contributed by atoms with E-state index in [1.165, 1.54) is 0 Å². The van der Waals surface area contributed by atoms with Gasteiger partial charge in [0.25, 0.3) is 0 Å². The zero-order valence-corrected chi connectivity index (χ0v) is 14.3. The number of H-pyrrole nitrogens is 1. The third-order valence-corrected chi connectivity index (χ3v) is 4.73. The molecule has 7 heteroatoms. The largest absolute Gasteiger partial charge is 0.333 e. The van der Waals surface area contributed by atoms with Crippen molar-refractivity contribution < 1.29 is 0 Å². The van der Waals surface area contributed by atoms with E-state index in [2.05, 4.69) is 20.3 Å². The van der Waals surface area contributed by atoms with E-state index in [0.717, 1.165) is 38.2 Å². The molecule has 0 saturated heterocycles. The van der Waals surface area contributed by atoms with Crippen molar-refractivity contribution in [1.29, 1.82) is 0 Å². The molecule has 0 bridgehead atoms. The molecule has 0 fully saturated rings. The number of rotatable bonds is 5. The summed E-state index contributed by atoms with van der Waals surface area (Å²) in [5.41, 5.74) is 4.09. The third kappa shape index (κ3) is 3.44. The number of hydrogen-bond donors (Lipinski definition) is 1. The molecular weight excluding hydrogens is 342 g/mol. The standard InChI is InChI=1S/C17H14ClN5S/c18-13-7-5-12(6-8-13)9-23-10-14(21-22-23)11-24-17-19-15-3-1-2-4-16(15)20-17/h1-8,10H,9,11H2,(H,19,20). The fourth-order valence-corrected chi connectivity index (χ4v) is 3.29. The normalized spacial score (nSPS) is 11.2. The number of hydrogen-bond acceptors (Lipinski definition) is 4. The first-order chi connectivity index (χ1) is 11.8. The van der Waals surface area contributed by atoms with Crippen LogP contribution in [0.15, 0.2) is 59.9 Å². The van der Waals surface area contributed by atoms with Crippen LogP contribution in [0.4, 0.5) is 0 Å². The second-order valence-corrected chi connectivity index (χ2v) is 6.78. The predicted octanol–water partition coefficient (Wildman–Crippen LogP) is 4.15. The smallest absolute Gasteiger partial charge is 0.166 e. The molecule has 24 heavy (non-hydrogen) atoms. The summed E-state index contributed by atoms with van der Waals surface area (Å²) in [5.74, 6) is 0.723. The Bertz CT molecular complexity index is 927. The highest BCUT2D eigenvalue weighted by molar-refractivity contribution is 7.98. The number of nitrogens with zero attached hydrogens (tertiary/aromatic N) is 4. The van der Waals surface area contributed by atoms with Crippen LogP contribution in [0.2, 0.25) is 5.02 Å². The molecule has 2 heterocycles. The molecular formula is C17H14ClN5S. The molecule has 120 valence electrons. The summed E-state index contributed by atoms with van der Waals surface area (Å²) in [6.45, 7) is 0.680. The van der Waals surface area contributed by atoms with E-state index < -0.39 is 0 Å². The van der Waals surface area contributed by atoms with Crippen LogP contribution < -0.4 is 0 Å². The molecule has 4 aromatic rings. The number of imidazole rings is 1. The number of fused-ring (bicyclic) bond motifs is 1. The minimum atomic E-state index is 0.680. The Labute approximate surface area is 148 Å². The fraction of sp³-hybridized carbons (Fsp3) is 0.118. The van der Waals surface area contributed by atoms with Gasteiger partial charge in [0.2, 0.25) is 0 Å². The Morgan fingerprint density at radius 1 is 1.08 bits per heavy atom. The average molecular weight is 356 g/mol. The van der Waals surface area contributed by atoms with E-state index in [9.17, 15) is 0 Å². The monoisotopic (exact) mass is 355 g/mol. The molecule has 0 aliphatic rings. The van der Waals surface area contributed by atoms with Crippen LogP contribution >= 0.6 is 23.4 Å². The Hall–Kier alpha value is -2.31. The lowest BCUT2D eigenvalue weighted by Crippen LogP contribution is -1.99. The van der Waals surface area contributed by atoms with E-state index >= 15 is 0 Å². The maximum atomic E-state index is 5.90. The highest BCUT2D eigenvalue weighted by Crippen LogP contribution is 2.22. The summed E-state index contributed by atoms with van der Waals surface area (Å²) in [4.78, 5) is 7.85. The van der Waals surface area contributed by atoms with E-state index in [0.29, 0.717) is 6.54 Å². The van der Waals surface area contributed by atoms with Gasteiger partial charge in [-0.2, -0.15) is 0 Å². The van der Waals surface area contributed by atoms with Gasteiger partial charge in [-0.1, -0.05) is 52.8 Å². The van der Waals surface area contributed by atoms with Crippen molar-refractivity contribution in [2.24, 2.45) is 0 Å². The van der Waals surface area contributed by atoms with Crippen molar-refractivity contribution in [3.8, 4) is 0 Å². The molecule has 0 amide bonds. The van der Waals surface area contributed by atoms with E-state index in [4.69, 9.17) is 11.6 Å². The number of halogens is 1. The first-order valence-corrected chi connectivity index (χ1v) is 8.84. The molecule has 2 aromatic carbocycles. The first kappa shape index (κ1) is 15.2. The second kappa shape index (κ2) is 6.67. The average Bonchev–Trinajstić information content (AvgIpc) is 3.21. The van der Waals surface area contributed by atoms with Crippen molar-refractivity contribution in [3.63, 3.8) is 0 Å². The van der Waals surface area contributed by atoms with Gasteiger partial charge in [0.1, 0.15) is 0 Å². The molecule has 0 aliphatic carbocycles. The Kier molecular flexibility index (Phi) is 4.23. The zero-order chi connectivity index (χ0) is 16.4. The molecule has 0 saturated carbocycles. The van der Waals surface area contributed by atoms with Gasteiger partial charge < -0.3 is 4.98 Å². The van der Waals surface area contributed by atoms with Gasteiger partial charge in [0.05, 0.1) is 23.3 Å². The molecule has 0 spiro atoms.